The number of hydrogen-bond acceptors (Lipinski definition) is 4. The molecule has 0 atom stereocenters. The van der Waals surface area contributed by atoms with Gasteiger partial charge in [0.2, 0.25) is 5.91 Å². The van der Waals surface area contributed by atoms with E-state index >= 15 is 0 Å². The minimum absolute atomic E-state index is 0.0655. The lowest BCUT2D eigenvalue weighted by Crippen LogP contribution is -2.36. The van der Waals surface area contributed by atoms with Gasteiger partial charge in [-0.15, -0.1) is 0 Å². The van der Waals surface area contributed by atoms with E-state index in [9.17, 15) is 13.2 Å². The highest BCUT2D eigenvalue weighted by molar-refractivity contribution is 7.92. The van der Waals surface area contributed by atoms with Crippen molar-refractivity contribution < 1.29 is 17.9 Å². The fourth-order valence-corrected chi connectivity index (χ4v) is 3.28. The summed E-state index contributed by atoms with van der Waals surface area (Å²) in [5.41, 5.74) is 1.77. The van der Waals surface area contributed by atoms with Crippen LogP contribution in [0.25, 0.3) is 10.9 Å². The third-order valence-electron chi connectivity index (χ3n) is 3.95. The molecule has 6 nitrogen and oxygen atoms in total. The normalized spacial score (nSPS) is 12.3. The summed E-state index contributed by atoms with van der Waals surface area (Å²) >= 11 is 0. The van der Waals surface area contributed by atoms with Gasteiger partial charge in [0.05, 0.1) is 24.0 Å². The monoisotopic (exact) mass is 352 g/mol. The van der Waals surface area contributed by atoms with Crippen molar-refractivity contribution >= 4 is 26.6 Å². The zero-order valence-electron chi connectivity index (χ0n) is 14.5. The Morgan fingerprint density at radius 1 is 1.29 bits per heavy atom. The molecule has 2 rings (SSSR count). The van der Waals surface area contributed by atoms with Crippen LogP contribution in [0, 0.1) is 0 Å². The number of aromatic amines is 1. The van der Waals surface area contributed by atoms with E-state index in [-0.39, 0.29) is 24.6 Å². The lowest BCUT2D eigenvalue weighted by atomic mass is 10.1. The van der Waals surface area contributed by atoms with Crippen LogP contribution < -0.4 is 10.1 Å². The van der Waals surface area contributed by atoms with Crippen molar-refractivity contribution in [3.63, 3.8) is 0 Å². The van der Waals surface area contributed by atoms with E-state index in [0.29, 0.717) is 0 Å². The summed E-state index contributed by atoms with van der Waals surface area (Å²) in [7, 11) is -1.64. The number of amides is 1. The molecule has 1 aromatic heterocycles. The van der Waals surface area contributed by atoms with E-state index in [2.05, 4.69) is 10.3 Å². The average molecular weight is 352 g/mol. The predicted molar refractivity (Wildman–Crippen MR) is 95.1 cm³/mol. The van der Waals surface area contributed by atoms with Crippen molar-refractivity contribution in [2.24, 2.45) is 0 Å². The van der Waals surface area contributed by atoms with E-state index < -0.39 is 14.6 Å². The molecule has 0 aliphatic rings. The third kappa shape index (κ3) is 4.08. The lowest BCUT2D eigenvalue weighted by Gasteiger charge is -2.19. The van der Waals surface area contributed by atoms with Crippen LogP contribution in [0.2, 0.25) is 0 Å². The van der Waals surface area contributed by atoms with Gasteiger partial charge in [-0.05, 0) is 44.5 Å². The topological polar surface area (TPSA) is 88.3 Å². The molecule has 2 aromatic rings. The zero-order chi connectivity index (χ0) is 18.0. The van der Waals surface area contributed by atoms with E-state index in [0.717, 1.165) is 22.2 Å². The molecule has 0 unspecified atom stereocenters. The number of rotatable bonds is 6. The van der Waals surface area contributed by atoms with E-state index in [1.54, 1.807) is 34.1 Å². The van der Waals surface area contributed by atoms with Crippen LogP contribution in [0.15, 0.2) is 24.4 Å². The highest BCUT2D eigenvalue weighted by Crippen LogP contribution is 2.24. The smallest absolute Gasteiger partial charge is 0.224 e. The van der Waals surface area contributed by atoms with Gasteiger partial charge < -0.3 is 15.0 Å². The van der Waals surface area contributed by atoms with Gasteiger partial charge in [0.15, 0.2) is 9.84 Å². The molecule has 0 spiro atoms. The number of ether oxygens (including phenoxy) is 1. The largest absolute Gasteiger partial charge is 0.497 e. The standard InChI is InChI=1S/C17H24N2O4S/c1-17(2,3)24(21,22)8-7-18-16(20)9-12-11-19-15-6-5-13(23-4)10-14(12)15/h5-6,10-11,19H,7-9H2,1-4H3,(H,18,20). The second-order valence-corrected chi connectivity index (χ2v) is 9.55. The summed E-state index contributed by atoms with van der Waals surface area (Å²) in [5.74, 6) is 0.451. The summed E-state index contributed by atoms with van der Waals surface area (Å²) in [6, 6.07) is 5.62. The second-order valence-electron chi connectivity index (χ2n) is 6.68. The van der Waals surface area contributed by atoms with Gasteiger partial charge in [-0.2, -0.15) is 0 Å². The second kappa shape index (κ2) is 6.84. The van der Waals surface area contributed by atoms with Crippen molar-refractivity contribution in [2.75, 3.05) is 19.4 Å². The maximum atomic E-state index is 12.1. The highest BCUT2D eigenvalue weighted by atomic mass is 32.2. The molecular formula is C17H24N2O4S. The van der Waals surface area contributed by atoms with Crippen LogP contribution in [-0.2, 0) is 21.1 Å². The fourth-order valence-electron chi connectivity index (χ4n) is 2.30. The zero-order valence-corrected chi connectivity index (χ0v) is 15.3. The summed E-state index contributed by atoms with van der Waals surface area (Å²) < 4.78 is 28.4. The summed E-state index contributed by atoms with van der Waals surface area (Å²) in [5, 5.41) is 3.60. The Morgan fingerprint density at radius 2 is 2.00 bits per heavy atom. The molecule has 0 radical (unpaired) electrons. The number of aromatic nitrogens is 1. The summed E-state index contributed by atoms with van der Waals surface area (Å²) in [6.07, 6.45) is 1.97. The molecule has 24 heavy (non-hydrogen) atoms. The fraction of sp³-hybridized carbons (Fsp3) is 0.471. The van der Waals surface area contributed by atoms with Crippen LogP contribution in [0.4, 0.5) is 0 Å². The number of sulfone groups is 1. The third-order valence-corrected chi connectivity index (χ3v) is 6.56. The number of methoxy groups -OCH3 is 1. The SMILES string of the molecule is COc1ccc2[nH]cc(CC(=O)NCCS(=O)(=O)C(C)(C)C)c2c1. The van der Waals surface area contributed by atoms with Gasteiger partial charge in [0.25, 0.3) is 0 Å². The molecule has 0 fully saturated rings. The Morgan fingerprint density at radius 3 is 2.62 bits per heavy atom. The highest BCUT2D eigenvalue weighted by Gasteiger charge is 2.28. The molecule has 1 aromatic carbocycles. The van der Waals surface area contributed by atoms with E-state index in [1.807, 2.05) is 18.2 Å². The van der Waals surface area contributed by atoms with Crippen LogP contribution in [0.5, 0.6) is 5.75 Å². The van der Waals surface area contributed by atoms with Crippen LogP contribution >= 0.6 is 0 Å². The first kappa shape index (κ1) is 18.3. The molecular weight excluding hydrogens is 328 g/mol. The van der Waals surface area contributed by atoms with Crippen molar-refractivity contribution in [1.29, 1.82) is 0 Å². The molecule has 1 heterocycles. The molecule has 0 saturated heterocycles. The van der Waals surface area contributed by atoms with Crippen molar-refractivity contribution in [2.45, 2.75) is 31.9 Å². The molecule has 0 saturated carbocycles. The van der Waals surface area contributed by atoms with Crippen molar-refractivity contribution in [3.05, 3.63) is 30.0 Å². The van der Waals surface area contributed by atoms with Crippen LogP contribution in [0.1, 0.15) is 26.3 Å². The van der Waals surface area contributed by atoms with E-state index in [4.69, 9.17) is 4.74 Å². The van der Waals surface area contributed by atoms with Crippen LogP contribution in [0.3, 0.4) is 0 Å². The minimum Gasteiger partial charge on any atom is -0.497 e. The number of benzene rings is 1. The number of nitrogens with one attached hydrogen (secondary N) is 2. The first-order valence-corrected chi connectivity index (χ1v) is 9.42. The number of fused-ring (bicyclic) bond motifs is 1. The molecule has 0 bridgehead atoms. The van der Waals surface area contributed by atoms with Crippen molar-refractivity contribution in [1.82, 2.24) is 10.3 Å². The molecule has 0 aliphatic carbocycles. The minimum atomic E-state index is -3.24. The van der Waals surface area contributed by atoms with Gasteiger partial charge >= 0.3 is 0 Å². The number of carbonyl (C=O) groups excluding carboxylic acids is 1. The molecule has 0 aliphatic heterocycles. The van der Waals surface area contributed by atoms with Crippen molar-refractivity contribution in [3.8, 4) is 5.75 Å². The van der Waals surface area contributed by atoms with Crippen LogP contribution in [-0.4, -0.2) is 43.5 Å². The van der Waals surface area contributed by atoms with Gasteiger partial charge in [-0.25, -0.2) is 8.42 Å². The Balaban J connectivity index is 1.98. The predicted octanol–water partition coefficient (Wildman–Crippen LogP) is 2.05. The summed E-state index contributed by atoms with van der Waals surface area (Å²) in [6.45, 7) is 5.08. The van der Waals surface area contributed by atoms with Gasteiger partial charge in [-0.1, -0.05) is 0 Å². The number of H-pyrrole nitrogens is 1. The van der Waals surface area contributed by atoms with Gasteiger partial charge in [0, 0.05) is 23.6 Å². The van der Waals surface area contributed by atoms with Gasteiger partial charge in [-0.3, -0.25) is 4.79 Å². The number of carbonyl (C=O) groups is 1. The Bertz CT molecular complexity index is 832. The Kier molecular flexibility index (Phi) is 5.22. The first-order valence-electron chi connectivity index (χ1n) is 7.77. The average Bonchev–Trinajstić information content (AvgIpc) is 2.88. The quantitative estimate of drug-likeness (QED) is 0.833. The van der Waals surface area contributed by atoms with Gasteiger partial charge in [0.1, 0.15) is 5.75 Å². The molecule has 2 N–H and O–H groups in total. The Labute approximate surface area is 142 Å². The maximum absolute atomic E-state index is 12.1. The summed E-state index contributed by atoms with van der Waals surface area (Å²) in [4.78, 5) is 15.2. The first-order chi connectivity index (χ1) is 11.1. The lowest BCUT2D eigenvalue weighted by molar-refractivity contribution is -0.120. The maximum Gasteiger partial charge on any atom is 0.224 e. The van der Waals surface area contributed by atoms with E-state index in [1.165, 1.54) is 0 Å². The molecule has 7 heteroatoms. The molecule has 1 amide bonds. The Hall–Kier alpha value is -2.02. The number of hydrogen-bond donors (Lipinski definition) is 2. The molecule has 132 valence electrons.